The first kappa shape index (κ1) is 37.4. The first-order valence-electron chi connectivity index (χ1n) is 22.3. The molecule has 13 rings (SSSR count). The van der Waals surface area contributed by atoms with Crippen molar-refractivity contribution in [2.75, 3.05) is 0 Å². The fraction of sp³-hybridized carbons (Fsp3) is 0.0656. The summed E-state index contributed by atoms with van der Waals surface area (Å²) < 4.78 is 7.13. The van der Waals surface area contributed by atoms with Gasteiger partial charge in [0.25, 0.3) is 0 Å². The van der Waals surface area contributed by atoms with Gasteiger partial charge in [-0.2, -0.15) is 0 Å². The number of fused-ring (bicyclic) bond motifs is 14. The van der Waals surface area contributed by atoms with Crippen LogP contribution >= 0.6 is 0 Å². The number of hydrogen-bond acceptors (Lipinski definition) is 4. The van der Waals surface area contributed by atoms with E-state index in [0.29, 0.717) is 5.82 Å². The molecule has 3 aliphatic rings. The highest BCUT2D eigenvalue weighted by Crippen LogP contribution is 2.63. The van der Waals surface area contributed by atoms with Crippen LogP contribution in [-0.4, -0.2) is 15.0 Å². The Balaban J connectivity index is 1.11. The molecule has 1 unspecified atom stereocenters. The van der Waals surface area contributed by atoms with Gasteiger partial charge in [0.2, 0.25) is 0 Å². The Morgan fingerprint density at radius 2 is 0.938 bits per heavy atom. The van der Waals surface area contributed by atoms with Crippen LogP contribution in [0.4, 0.5) is 0 Å². The smallest absolute Gasteiger partial charge is 0.160 e. The molecular weight excluding hydrogens is 791 g/mol. The molecule has 0 fully saturated rings. The lowest BCUT2D eigenvalue weighted by Crippen LogP contribution is -2.35. The van der Waals surface area contributed by atoms with Crippen molar-refractivity contribution in [3.8, 4) is 89.9 Å². The molecule has 1 aliphatic heterocycles. The molecule has 0 N–H and O–H groups in total. The topological polar surface area (TPSA) is 47.9 Å². The Bertz CT molecular complexity index is 3540. The van der Waals surface area contributed by atoms with Crippen LogP contribution in [0.5, 0.6) is 11.5 Å². The van der Waals surface area contributed by atoms with E-state index in [9.17, 15) is 0 Å². The van der Waals surface area contributed by atoms with Crippen molar-refractivity contribution in [3.63, 3.8) is 0 Å². The van der Waals surface area contributed by atoms with Gasteiger partial charge in [-0.05, 0) is 103 Å². The SMILES string of the molecule is CC1(C)c2ccccc2-c2cc3c(cc21)Oc1ccccc1C31c2ccccc2-c2ccccc2-c2ccc(-c3cc(-c4ccc(-c5cccnc5)cc4)nc(-c4ccccc4)n3)cc21. The maximum atomic E-state index is 7.13. The van der Waals surface area contributed by atoms with E-state index in [-0.39, 0.29) is 5.41 Å². The van der Waals surface area contributed by atoms with Crippen LogP contribution in [0.15, 0.2) is 213 Å². The summed E-state index contributed by atoms with van der Waals surface area (Å²) >= 11 is 0. The second-order valence-corrected chi connectivity index (χ2v) is 17.9. The van der Waals surface area contributed by atoms with Crippen LogP contribution in [0.3, 0.4) is 0 Å². The predicted molar refractivity (Wildman–Crippen MR) is 262 cm³/mol. The average molecular weight is 832 g/mol. The monoisotopic (exact) mass is 831 g/mol. The lowest BCUT2D eigenvalue weighted by molar-refractivity contribution is 0.433. The van der Waals surface area contributed by atoms with Crippen LogP contribution < -0.4 is 4.74 Å². The molecule has 2 aromatic heterocycles. The summed E-state index contributed by atoms with van der Waals surface area (Å²) in [5.41, 5.74) is 20.4. The standard InChI is InChI=1S/C61H41N3O/c1-60(2)49-22-10-8-21-46(49)48-34-54-58(35-52(48)60)65-57-25-13-12-24-51(57)61(54)50-23-11-9-20-45(50)43-18-6-7-19-44(43)47-31-30-41(33-53(47)61)56-36-55(63-59(64-56)40-15-4-3-5-16-40)39-28-26-38(27-29-39)42-17-14-32-62-37-42/h3-37H,1-2H3. The van der Waals surface area contributed by atoms with Crippen molar-refractivity contribution >= 4 is 0 Å². The third-order valence-corrected chi connectivity index (χ3v) is 14.1. The first-order chi connectivity index (χ1) is 32.0. The third kappa shape index (κ3) is 5.53. The van der Waals surface area contributed by atoms with Crippen molar-refractivity contribution in [1.82, 2.24) is 15.0 Å². The molecule has 0 saturated carbocycles. The summed E-state index contributed by atoms with van der Waals surface area (Å²) in [5, 5.41) is 0. The van der Waals surface area contributed by atoms with E-state index in [4.69, 9.17) is 14.7 Å². The molecule has 8 aromatic carbocycles. The molecule has 4 nitrogen and oxygen atoms in total. The van der Waals surface area contributed by atoms with Gasteiger partial charge in [-0.1, -0.05) is 178 Å². The van der Waals surface area contributed by atoms with Crippen molar-refractivity contribution in [3.05, 3.63) is 246 Å². The molecule has 0 amide bonds. The number of nitrogens with zero attached hydrogens (tertiary/aromatic N) is 3. The van der Waals surface area contributed by atoms with Crippen molar-refractivity contribution in [2.24, 2.45) is 0 Å². The van der Waals surface area contributed by atoms with Gasteiger partial charge < -0.3 is 4.74 Å². The number of aromatic nitrogens is 3. The molecule has 1 atom stereocenters. The zero-order valence-electron chi connectivity index (χ0n) is 36.0. The summed E-state index contributed by atoms with van der Waals surface area (Å²) in [7, 11) is 0. The molecular formula is C61H41N3O. The maximum absolute atomic E-state index is 7.13. The van der Waals surface area contributed by atoms with E-state index in [0.717, 1.165) is 61.8 Å². The maximum Gasteiger partial charge on any atom is 0.160 e. The van der Waals surface area contributed by atoms with E-state index in [1.807, 2.05) is 30.5 Å². The molecule has 0 saturated heterocycles. The lowest BCUT2D eigenvalue weighted by Gasteiger charge is -2.43. The highest BCUT2D eigenvalue weighted by Gasteiger charge is 2.51. The van der Waals surface area contributed by atoms with Crippen LogP contribution in [0, 0.1) is 0 Å². The van der Waals surface area contributed by atoms with Gasteiger partial charge in [0, 0.05) is 45.6 Å². The fourth-order valence-electron chi connectivity index (χ4n) is 11.0. The summed E-state index contributed by atoms with van der Waals surface area (Å²) in [6.07, 6.45) is 3.70. The molecule has 3 heterocycles. The largest absolute Gasteiger partial charge is 0.457 e. The van der Waals surface area contributed by atoms with Gasteiger partial charge in [0.1, 0.15) is 11.5 Å². The van der Waals surface area contributed by atoms with E-state index in [1.54, 1.807) is 6.20 Å². The number of rotatable bonds is 4. The minimum absolute atomic E-state index is 0.197. The number of hydrogen-bond donors (Lipinski definition) is 0. The Kier molecular flexibility index (Phi) is 8.13. The minimum atomic E-state index is -0.790. The molecule has 1 spiro atoms. The van der Waals surface area contributed by atoms with E-state index >= 15 is 0 Å². The van der Waals surface area contributed by atoms with Crippen LogP contribution in [-0.2, 0) is 10.8 Å². The quantitative estimate of drug-likeness (QED) is 0.177. The average Bonchev–Trinajstić information content (AvgIpc) is 3.53. The normalized spacial score (nSPS) is 15.5. The number of ether oxygens (including phenoxy) is 1. The number of pyridine rings is 1. The summed E-state index contributed by atoms with van der Waals surface area (Å²) in [6, 6.07) is 72.4. The molecule has 4 heteroatoms. The van der Waals surface area contributed by atoms with Gasteiger partial charge in [-0.15, -0.1) is 0 Å². The lowest BCUT2D eigenvalue weighted by atomic mass is 9.61. The van der Waals surface area contributed by atoms with E-state index in [1.165, 1.54) is 55.6 Å². The van der Waals surface area contributed by atoms with Crippen LogP contribution in [0.1, 0.15) is 47.2 Å². The zero-order chi connectivity index (χ0) is 43.3. The van der Waals surface area contributed by atoms with Crippen LogP contribution in [0.2, 0.25) is 0 Å². The van der Waals surface area contributed by atoms with Gasteiger partial charge in [0.15, 0.2) is 5.82 Å². The molecule has 10 aromatic rings. The number of para-hydroxylation sites is 1. The predicted octanol–water partition coefficient (Wildman–Crippen LogP) is 15.0. The molecule has 0 bridgehead atoms. The summed E-state index contributed by atoms with van der Waals surface area (Å²) in [4.78, 5) is 15.0. The second kappa shape index (κ2) is 14.2. The molecule has 65 heavy (non-hydrogen) atoms. The van der Waals surface area contributed by atoms with E-state index < -0.39 is 5.41 Å². The Hall–Kier alpha value is -8.21. The summed E-state index contributed by atoms with van der Waals surface area (Å²) in [5.74, 6) is 2.41. The third-order valence-electron chi connectivity index (χ3n) is 14.1. The molecule has 2 aliphatic carbocycles. The summed E-state index contributed by atoms with van der Waals surface area (Å²) in [6.45, 7) is 4.68. The van der Waals surface area contributed by atoms with Crippen molar-refractivity contribution < 1.29 is 4.74 Å². The van der Waals surface area contributed by atoms with Crippen molar-refractivity contribution in [1.29, 1.82) is 0 Å². The Labute approximate surface area is 378 Å². The first-order valence-corrected chi connectivity index (χ1v) is 22.3. The van der Waals surface area contributed by atoms with Gasteiger partial charge in [-0.3, -0.25) is 4.98 Å². The molecule has 0 radical (unpaired) electrons. The fourth-order valence-corrected chi connectivity index (χ4v) is 11.0. The van der Waals surface area contributed by atoms with Crippen LogP contribution in [0.25, 0.3) is 78.4 Å². The molecule has 306 valence electrons. The second-order valence-electron chi connectivity index (χ2n) is 17.9. The van der Waals surface area contributed by atoms with E-state index in [2.05, 4.69) is 195 Å². The highest BCUT2D eigenvalue weighted by atomic mass is 16.5. The number of benzene rings is 8. The van der Waals surface area contributed by atoms with Gasteiger partial charge in [0.05, 0.1) is 16.8 Å². The van der Waals surface area contributed by atoms with Gasteiger partial charge >= 0.3 is 0 Å². The van der Waals surface area contributed by atoms with Gasteiger partial charge in [-0.25, -0.2) is 9.97 Å². The highest BCUT2D eigenvalue weighted by molar-refractivity contribution is 5.95. The minimum Gasteiger partial charge on any atom is -0.457 e. The zero-order valence-corrected chi connectivity index (χ0v) is 36.0. The Morgan fingerprint density at radius 1 is 0.354 bits per heavy atom. The van der Waals surface area contributed by atoms with Crippen molar-refractivity contribution in [2.45, 2.75) is 24.7 Å². The Morgan fingerprint density at radius 3 is 1.68 bits per heavy atom.